The van der Waals surface area contributed by atoms with E-state index in [0.717, 1.165) is 12.0 Å². The maximum atomic E-state index is 13.0. The molecule has 3 heterocycles. The van der Waals surface area contributed by atoms with Crippen LogP contribution >= 0.6 is 0 Å². The Labute approximate surface area is 204 Å². The Kier molecular flexibility index (Phi) is 5.62. The summed E-state index contributed by atoms with van der Waals surface area (Å²) in [6.45, 7) is 8.07. The molecule has 2 aromatic carbocycles. The fraction of sp³-hybridized carbons (Fsp3) is 0.407. The van der Waals surface area contributed by atoms with Gasteiger partial charge in [0.15, 0.2) is 0 Å². The molecule has 2 N–H and O–H groups in total. The molecule has 3 aliphatic rings. The average Bonchev–Trinajstić information content (AvgIpc) is 3.13. The van der Waals surface area contributed by atoms with Crippen LogP contribution < -0.4 is 10.6 Å². The summed E-state index contributed by atoms with van der Waals surface area (Å²) in [7, 11) is 0. The first-order valence-electron chi connectivity index (χ1n) is 12.1. The Morgan fingerprint density at radius 2 is 1.77 bits per heavy atom. The van der Waals surface area contributed by atoms with Crippen molar-refractivity contribution in [3.8, 4) is 0 Å². The number of imide groups is 1. The Morgan fingerprint density at radius 3 is 2.51 bits per heavy atom. The van der Waals surface area contributed by atoms with Crippen molar-refractivity contribution in [3.05, 3.63) is 64.2 Å². The first-order valence-corrected chi connectivity index (χ1v) is 12.1. The van der Waals surface area contributed by atoms with Crippen LogP contribution in [0.15, 0.2) is 36.4 Å². The van der Waals surface area contributed by atoms with Gasteiger partial charge in [-0.15, -0.1) is 0 Å². The highest BCUT2D eigenvalue weighted by Gasteiger charge is 2.39. The van der Waals surface area contributed by atoms with Gasteiger partial charge in [0.1, 0.15) is 6.04 Å². The lowest BCUT2D eigenvalue weighted by Crippen LogP contribution is -2.52. The lowest BCUT2D eigenvalue weighted by atomic mass is 9.84. The van der Waals surface area contributed by atoms with Gasteiger partial charge in [-0.25, -0.2) is 4.79 Å². The van der Waals surface area contributed by atoms with Crippen molar-refractivity contribution in [3.63, 3.8) is 0 Å². The fourth-order valence-corrected chi connectivity index (χ4v) is 5.05. The van der Waals surface area contributed by atoms with E-state index in [2.05, 4.69) is 49.6 Å². The minimum absolute atomic E-state index is 0.0896. The molecule has 0 spiro atoms. The zero-order valence-corrected chi connectivity index (χ0v) is 20.3. The molecule has 1 atom stereocenters. The smallest absolute Gasteiger partial charge is 0.322 e. The summed E-state index contributed by atoms with van der Waals surface area (Å²) < 4.78 is 0. The van der Waals surface area contributed by atoms with Crippen LogP contribution in [0, 0.1) is 0 Å². The van der Waals surface area contributed by atoms with E-state index in [1.807, 2.05) is 0 Å². The first kappa shape index (κ1) is 23.1. The molecule has 5 amide bonds. The van der Waals surface area contributed by atoms with E-state index in [9.17, 15) is 19.2 Å². The highest BCUT2D eigenvalue weighted by molar-refractivity contribution is 6.05. The number of carbonyl (C=O) groups excluding carboxylic acids is 4. The normalized spacial score (nSPS) is 19.9. The number of piperidine rings is 1. The van der Waals surface area contributed by atoms with Crippen LogP contribution in [0.2, 0.25) is 0 Å². The van der Waals surface area contributed by atoms with Gasteiger partial charge in [-0.3, -0.25) is 19.7 Å². The summed E-state index contributed by atoms with van der Waals surface area (Å²) in [6, 6.07) is 10.9. The highest BCUT2D eigenvalue weighted by atomic mass is 16.2. The van der Waals surface area contributed by atoms with E-state index in [1.54, 1.807) is 23.1 Å². The molecule has 0 aliphatic carbocycles. The molecule has 182 valence electrons. The molecule has 0 bridgehead atoms. The van der Waals surface area contributed by atoms with Crippen LogP contribution in [0.25, 0.3) is 0 Å². The highest BCUT2D eigenvalue weighted by Crippen LogP contribution is 2.30. The van der Waals surface area contributed by atoms with Gasteiger partial charge in [0.25, 0.3) is 5.91 Å². The van der Waals surface area contributed by atoms with Gasteiger partial charge in [-0.2, -0.15) is 0 Å². The number of hydrogen-bond acceptors (Lipinski definition) is 4. The second-order valence-electron chi connectivity index (χ2n) is 10.6. The van der Waals surface area contributed by atoms with Crippen molar-refractivity contribution in [2.45, 2.75) is 64.6 Å². The maximum Gasteiger partial charge on any atom is 0.322 e. The summed E-state index contributed by atoms with van der Waals surface area (Å²) >= 11 is 0. The largest absolute Gasteiger partial charge is 0.322 e. The second-order valence-corrected chi connectivity index (χ2v) is 10.6. The molecule has 3 aliphatic heterocycles. The van der Waals surface area contributed by atoms with Crippen molar-refractivity contribution in [1.82, 2.24) is 15.1 Å². The summed E-state index contributed by atoms with van der Waals surface area (Å²) in [5, 5.41) is 5.28. The Morgan fingerprint density at radius 1 is 0.971 bits per heavy atom. The molecule has 1 saturated heterocycles. The molecule has 0 aromatic heterocycles. The molecular formula is C27H30N4O4. The standard InChI is InChI=1S/C27H30N4O4/c1-27(2,3)19-5-4-17-14-30(11-10-16(17)12-19)26(35)28-20-6-7-21-18(13-20)15-31(25(21)34)22-8-9-23(32)29-24(22)33/h4-7,12-13,22H,8-11,14-15H2,1-3H3,(H,28,35)(H,29,32,33). The Balaban J connectivity index is 1.26. The van der Waals surface area contributed by atoms with E-state index in [4.69, 9.17) is 0 Å². The number of amides is 5. The van der Waals surface area contributed by atoms with Gasteiger partial charge in [-0.1, -0.05) is 39.0 Å². The zero-order chi connectivity index (χ0) is 24.9. The molecule has 5 rings (SSSR count). The third-order valence-corrected chi connectivity index (χ3v) is 7.15. The minimum Gasteiger partial charge on any atom is -0.322 e. The molecule has 35 heavy (non-hydrogen) atoms. The van der Waals surface area contributed by atoms with E-state index < -0.39 is 11.9 Å². The van der Waals surface area contributed by atoms with E-state index in [0.29, 0.717) is 30.8 Å². The molecule has 0 radical (unpaired) electrons. The number of rotatable bonds is 2. The zero-order valence-electron chi connectivity index (χ0n) is 20.3. The van der Waals surface area contributed by atoms with Gasteiger partial charge in [0.05, 0.1) is 0 Å². The third kappa shape index (κ3) is 4.40. The van der Waals surface area contributed by atoms with E-state index in [-0.39, 0.29) is 36.2 Å². The van der Waals surface area contributed by atoms with Crippen molar-refractivity contribution < 1.29 is 19.2 Å². The van der Waals surface area contributed by atoms with E-state index in [1.165, 1.54) is 21.6 Å². The number of anilines is 1. The van der Waals surface area contributed by atoms with Crippen LogP contribution in [-0.4, -0.2) is 46.1 Å². The number of hydrogen-bond donors (Lipinski definition) is 2. The van der Waals surface area contributed by atoms with Crippen molar-refractivity contribution in [2.24, 2.45) is 0 Å². The minimum atomic E-state index is -0.655. The molecule has 8 nitrogen and oxygen atoms in total. The number of nitrogens with one attached hydrogen (secondary N) is 2. The number of fused-ring (bicyclic) bond motifs is 2. The Bertz CT molecular complexity index is 1250. The third-order valence-electron chi connectivity index (χ3n) is 7.15. The summed E-state index contributed by atoms with van der Waals surface area (Å²) in [5.41, 5.74) is 5.75. The van der Waals surface area contributed by atoms with E-state index >= 15 is 0 Å². The van der Waals surface area contributed by atoms with Crippen LogP contribution in [0.3, 0.4) is 0 Å². The number of urea groups is 1. The molecule has 2 aromatic rings. The Hall–Kier alpha value is -3.68. The lowest BCUT2D eigenvalue weighted by molar-refractivity contribution is -0.136. The SMILES string of the molecule is CC(C)(C)c1ccc2c(c1)CCN(C(=O)Nc1ccc3c(c1)CN(C1CCC(=O)NC1=O)C3=O)C2. The molecule has 8 heteroatoms. The van der Waals surface area contributed by atoms with Crippen LogP contribution in [-0.2, 0) is 34.5 Å². The predicted molar refractivity (Wildman–Crippen MR) is 131 cm³/mol. The number of benzene rings is 2. The topological polar surface area (TPSA) is 98.8 Å². The summed E-state index contributed by atoms with van der Waals surface area (Å²) in [6.07, 6.45) is 1.35. The van der Waals surface area contributed by atoms with Crippen molar-refractivity contribution >= 4 is 29.4 Å². The second kappa shape index (κ2) is 8.52. The van der Waals surface area contributed by atoms with Gasteiger partial charge >= 0.3 is 6.03 Å². The maximum absolute atomic E-state index is 13.0. The predicted octanol–water partition coefficient (Wildman–Crippen LogP) is 3.34. The van der Waals surface area contributed by atoms with Crippen LogP contribution in [0.4, 0.5) is 10.5 Å². The molecule has 1 unspecified atom stereocenters. The van der Waals surface area contributed by atoms with Crippen LogP contribution in [0.5, 0.6) is 0 Å². The van der Waals surface area contributed by atoms with Gasteiger partial charge in [0.2, 0.25) is 11.8 Å². The molecule has 1 fully saturated rings. The van der Waals surface area contributed by atoms with Crippen molar-refractivity contribution in [1.29, 1.82) is 0 Å². The van der Waals surface area contributed by atoms with Gasteiger partial charge in [0, 0.05) is 37.3 Å². The average molecular weight is 475 g/mol. The first-order chi connectivity index (χ1) is 16.6. The fourth-order valence-electron chi connectivity index (χ4n) is 5.05. The van der Waals surface area contributed by atoms with Crippen molar-refractivity contribution in [2.75, 3.05) is 11.9 Å². The lowest BCUT2D eigenvalue weighted by Gasteiger charge is -2.30. The molecule has 0 saturated carbocycles. The quantitative estimate of drug-likeness (QED) is 0.653. The number of nitrogens with zero attached hydrogens (tertiary/aromatic N) is 2. The van der Waals surface area contributed by atoms with Gasteiger partial charge < -0.3 is 15.1 Å². The number of carbonyl (C=O) groups is 4. The summed E-state index contributed by atoms with van der Waals surface area (Å²) in [4.78, 5) is 52.9. The van der Waals surface area contributed by atoms with Gasteiger partial charge in [-0.05, 0) is 58.7 Å². The monoisotopic (exact) mass is 474 g/mol. The van der Waals surface area contributed by atoms with Crippen LogP contribution in [0.1, 0.15) is 66.2 Å². The molecular weight excluding hydrogens is 444 g/mol. The summed E-state index contributed by atoms with van der Waals surface area (Å²) in [5.74, 6) is -0.971.